The van der Waals surface area contributed by atoms with Gasteiger partial charge in [0.25, 0.3) is 0 Å². The first-order valence-electron chi connectivity index (χ1n) is 9.29. The third-order valence-electron chi connectivity index (χ3n) is 4.69. The Labute approximate surface area is 179 Å². The molecule has 10 heteroatoms. The number of sulfonamides is 1. The van der Waals surface area contributed by atoms with Gasteiger partial charge in [0, 0.05) is 31.9 Å². The molecular formula is C20H22N6O2S2. The normalized spacial score (nSPS) is 11.7. The lowest BCUT2D eigenvalue weighted by Gasteiger charge is -2.13. The summed E-state index contributed by atoms with van der Waals surface area (Å²) >= 11 is 1.49. The van der Waals surface area contributed by atoms with Gasteiger partial charge in [-0.2, -0.15) is 0 Å². The molecule has 0 saturated carbocycles. The maximum Gasteiger partial charge on any atom is 0.238 e. The molecule has 3 N–H and O–H groups in total. The fourth-order valence-corrected chi connectivity index (χ4v) is 4.38. The number of nitrogens with one attached hydrogen (secondary N) is 1. The molecule has 4 aromatic rings. The lowest BCUT2D eigenvalue weighted by molar-refractivity contribution is 0.598. The summed E-state index contributed by atoms with van der Waals surface area (Å²) in [6.07, 6.45) is 2.56. The quantitative estimate of drug-likeness (QED) is 0.456. The average Bonchev–Trinajstić information content (AvgIpc) is 3.28. The fraction of sp³-hybridized carbons (Fsp3) is 0.200. The highest BCUT2D eigenvalue weighted by Crippen LogP contribution is 2.28. The molecule has 0 atom stereocenters. The highest BCUT2D eigenvalue weighted by atomic mass is 32.2. The number of primary sulfonamides is 1. The molecule has 0 unspecified atom stereocenters. The first-order chi connectivity index (χ1) is 14.3. The van der Waals surface area contributed by atoms with Gasteiger partial charge < -0.3 is 10.2 Å². The molecule has 2 heterocycles. The van der Waals surface area contributed by atoms with Gasteiger partial charge in [-0.05, 0) is 36.2 Å². The third kappa shape index (κ3) is 4.30. The van der Waals surface area contributed by atoms with Gasteiger partial charge in [0.05, 0.1) is 16.8 Å². The summed E-state index contributed by atoms with van der Waals surface area (Å²) < 4.78 is 24.5. The Morgan fingerprint density at radius 2 is 1.93 bits per heavy atom. The van der Waals surface area contributed by atoms with Gasteiger partial charge in [-0.15, -0.1) is 5.10 Å². The van der Waals surface area contributed by atoms with Gasteiger partial charge in [-0.1, -0.05) is 35.6 Å². The van der Waals surface area contributed by atoms with E-state index in [1.165, 1.54) is 23.5 Å². The summed E-state index contributed by atoms with van der Waals surface area (Å²) in [5.41, 5.74) is 4.12. The largest absolute Gasteiger partial charge is 0.378 e. The minimum atomic E-state index is -3.66. The van der Waals surface area contributed by atoms with Crippen LogP contribution in [0.15, 0.2) is 59.6 Å². The summed E-state index contributed by atoms with van der Waals surface area (Å²) in [5, 5.41) is 13.9. The van der Waals surface area contributed by atoms with Crippen molar-refractivity contribution in [1.82, 2.24) is 14.6 Å². The number of aromatic nitrogens is 3. The van der Waals surface area contributed by atoms with E-state index in [0.717, 1.165) is 39.0 Å². The van der Waals surface area contributed by atoms with Crippen LogP contribution >= 0.6 is 11.3 Å². The van der Waals surface area contributed by atoms with E-state index < -0.39 is 10.0 Å². The van der Waals surface area contributed by atoms with E-state index >= 15 is 0 Å². The van der Waals surface area contributed by atoms with Crippen molar-refractivity contribution in [3.63, 3.8) is 0 Å². The highest BCUT2D eigenvalue weighted by molar-refractivity contribution is 7.89. The maximum absolute atomic E-state index is 11.3. The van der Waals surface area contributed by atoms with Crippen LogP contribution in [-0.2, 0) is 16.4 Å². The standard InChI is InChI=1S/C20H22N6O2S2/c1-25(2)16-5-3-4-15(12-16)18-13-23-20-26(18)24-19(29-20)22-11-10-14-6-8-17(9-7-14)30(21,27)28/h3-9,12-13H,10-11H2,1-2H3,(H,22,24)(H2,21,27,28). The van der Waals surface area contributed by atoms with Crippen molar-refractivity contribution in [2.75, 3.05) is 30.9 Å². The Morgan fingerprint density at radius 3 is 2.63 bits per heavy atom. The Hall–Kier alpha value is -2.95. The summed E-state index contributed by atoms with van der Waals surface area (Å²) in [4.78, 5) is 7.48. The summed E-state index contributed by atoms with van der Waals surface area (Å²) in [5.74, 6) is 0. The number of nitrogens with zero attached hydrogens (tertiary/aromatic N) is 4. The van der Waals surface area contributed by atoms with Crippen LogP contribution in [0.2, 0.25) is 0 Å². The lowest BCUT2D eigenvalue weighted by Crippen LogP contribution is -2.12. The minimum Gasteiger partial charge on any atom is -0.378 e. The van der Waals surface area contributed by atoms with Crippen molar-refractivity contribution >= 4 is 37.1 Å². The summed E-state index contributed by atoms with van der Waals surface area (Å²) in [6, 6.07) is 14.8. The Morgan fingerprint density at radius 1 is 1.17 bits per heavy atom. The molecule has 2 aromatic carbocycles. The summed E-state index contributed by atoms with van der Waals surface area (Å²) in [6.45, 7) is 0.664. The second-order valence-corrected chi connectivity index (χ2v) is 9.57. The second kappa shape index (κ2) is 8.05. The number of hydrogen-bond donors (Lipinski definition) is 2. The molecule has 0 aliphatic carbocycles. The number of nitrogens with two attached hydrogens (primary N) is 1. The second-order valence-electron chi connectivity index (χ2n) is 7.06. The Bertz CT molecular complexity index is 1280. The van der Waals surface area contributed by atoms with Crippen molar-refractivity contribution < 1.29 is 8.42 Å². The summed E-state index contributed by atoms with van der Waals surface area (Å²) in [7, 11) is 0.362. The van der Waals surface area contributed by atoms with Gasteiger partial charge in [0.2, 0.25) is 20.1 Å². The van der Waals surface area contributed by atoms with Crippen molar-refractivity contribution in [1.29, 1.82) is 0 Å². The molecule has 0 amide bonds. The zero-order chi connectivity index (χ0) is 21.3. The van der Waals surface area contributed by atoms with Crippen LogP contribution in [0, 0.1) is 0 Å². The number of fused-ring (bicyclic) bond motifs is 1. The molecule has 0 fully saturated rings. The van der Waals surface area contributed by atoms with E-state index in [9.17, 15) is 8.42 Å². The first kappa shape index (κ1) is 20.3. The molecule has 0 radical (unpaired) electrons. The fourth-order valence-electron chi connectivity index (χ4n) is 3.06. The molecule has 0 aliphatic rings. The molecule has 156 valence electrons. The molecule has 0 bridgehead atoms. The molecular weight excluding hydrogens is 420 g/mol. The van der Waals surface area contributed by atoms with Crippen molar-refractivity contribution in [2.24, 2.45) is 5.14 Å². The predicted octanol–water partition coefficient (Wildman–Crippen LogP) is 2.83. The van der Waals surface area contributed by atoms with Crippen LogP contribution in [0.25, 0.3) is 16.2 Å². The molecule has 2 aromatic heterocycles. The average molecular weight is 443 g/mol. The molecule has 0 spiro atoms. The molecule has 0 saturated heterocycles. The molecule has 8 nitrogen and oxygen atoms in total. The first-order valence-corrected chi connectivity index (χ1v) is 11.7. The Balaban J connectivity index is 1.46. The SMILES string of the molecule is CN(C)c1cccc(-c2cnc3sc(NCCc4ccc(S(N)(=O)=O)cc4)nn23)c1. The van der Waals surface area contributed by atoms with Gasteiger partial charge in [-0.25, -0.2) is 23.1 Å². The van der Waals surface area contributed by atoms with E-state index in [-0.39, 0.29) is 4.90 Å². The van der Waals surface area contributed by atoms with E-state index in [1.54, 1.807) is 12.1 Å². The van der Waals surface area contributed by atoms with Gasteiger partial charge >= 0.3 is 0 Å². The van der Waals surface area contributed by atoms with Crippen molar-refractivity contribution in [3.05, 3.63) is 60.3 Å². The zero-order valence-electron chi connectivity index (χ0n) is 16.6. The van der Waals surface area contributed by atoms with E-state index in [4.69, 9.17) is 5.14 Å². The van der Waals surface area contributed by atoms with Crippen LogP contribution in [0.3, 0.4) is 0 Å². The van der Waals surface area contributed by atoms with Crippen LogP contribution in [0.5, 0.6) is 0 Å². The van der Waals surface area contributed by atoms with Gasteiger partial charge in [0.15, 0.2) is 0 Å². The molecule has 0 aliphatic heterocycles. The third-order valence-corrected chi connectivity index (χ3v) is 6.50. The number of benzene rings is 2. The van der Waals surface area contributed by atoms with Gasteiger partial charge in [-0.3, -0.25) is 0 Å². The zero-order valence-corrected chi connectivity index (χ0v) is 18.2. The van der Waals surface area contributed by atoms with Crippen LogP contribution in [0.4, 0.5) is 10.8 Å². The number of hydrogen-bond acceptors (Lipinski definition) is 7. The molecule has 4 rings (SSSR count). The monoisotopic (exact) mass is 442 g/mol. The van der Waals surface area contributed by atoms with Crippen LogP contribution in [-0.4, -0.2) is 43.7 Å². The molecule has 30 heavy (non-hydrogen) atoms. The predicted molar refractivity (Wildman–Crippen MR) is 121 cm³/mol. The number of rotatable bonds is 7. The van der Waals surface area contributed by atoms with E-state index in [0.29, 0.717) is 6.54 Å². The van der Waals surface area contributed by atoms with E-state index in [1.807, 2.05) is 36.9 Å². The lowest BCUT2D eigenvalue weighted by atomic mass is 10.1. The topological polar surface area (TPSA) is 106 Å². The van der Waals surface area contributed by atoms with Crippen molar-refractivity contribution in [2.45, 2.75) is 11.3 Å². The van der Waals surface area contributed by atoms with E-state index in [2.05, 4.69) is 32.4 Å². The van der Waals surface area contributed by atoms with Crippen LogP contribution < -0.4 is 15.4 Å². The maximum atomic E-state index is 11.3. The Kier molecular flexibility index (Phi) is 5.46. The van der Waals surface area contributed by atoms with Crippen molar-refractivity contribution in [3.8, 4) is 11.3 Å². The smallest absolute Gasteiger partial charge is 0.238 e. The number of imidazole rings is 1. The van der Waals surface area contributed by atoms with Crippen LogP contribution in [0.1, 0.15) is 5.56 Å². The number of anilines is 2. The highest BCUT2D eigenvalue weighted by Gasteiger charge is 2.12. The van der Waals surface area contributed by atoms with Gasteiger partial charge in [0.1, 0.15) is 0 Å². The minimum absolute atomic E-state index is 0.117.